The average molecular weight is 239 g/mol. The smallest absolute Gasteiger partial charge is 0.111 e. The molecule has 1 fully saturated rings. The number of rotatable bonds is 1. The van der Waals surface area contributed by atoms with Gasteiger partial charge in [-0.05, 0) is 24.3 Å². The summed E-state index contributed by atoms with van der Waals surface area (Å²) in [6.45, 7) is 0. The number of para-hydroxylation sites is 1. The lowest BCUT2D eigenvalue weighted by Gasteiger charge is -2.01. The maximum atomic E-state index is 6.09. The lowest BCUT2D eigenvalue weighted by Crippen LogP contribution is -1.98. The number of aromatic nitrogens is 2. The number of nitrogens with zero attached hydrogens (tertiary/aromatic N) is 1. The molecule has 1 aromatic carbocycles. The second kappa shape index (κ2) is 3.72. The first kappa shape index (κ1) is 9.55. The van der Waals surface area contributed by atoms with Gasteiger partial charge in [0.2, 0.25) is 0 Å². The van der Waals surface area contributed by atoms with Crippen molar-refractivity contribution >= 4 is 34.4 Å². The van der Waals surface area contributed by atoms with Crippen molar-refractivity contribution in [1.82, 2.24) is 9.97 Å². The Hall–Kier alpha value is -0.670. The highest BCUT2D eigenvalue weighted by Crippen LogP contribution is 2.32. The van der Waals surface area contributed by atoms with E-state index < -0.39 is 0 Å². The molecule has 1 unspecified atom stereocenters. The van der Waals surface area contributed by atoms with Crippen LogP contribution in [0.4, 0.5) is 0 Å². The molecular formula is C11H11ClN2S. The molecule has 0 bridgehead atoms. The van der Waals surface area contributed by atoms with Gasteiger partial charge in [-0.15, -0.1) is 0 Å². The van der Waals surface area contributed by atoms with Crippen LogP contribution >= 0.6 is 23.4 Å². The standard InChI is InChI=1S/C11H11ClN2S/c12-8-2-1-3-9-10(8)14-11(13-9)7-4-5-15-6-7/h1-3,7H,4-6H2,(H,13,14). The summed E-state index contributed by atoms with van der Waals surface area (Å²) in [5, 5.41) is 0.737. The van der Waals surface area contributed by atoms with Crippen LogP contribution in [-0.2, 0) is 0 Å². The van der Waals surface area contributed by atoms with Gasteiger partial charge in [0.15, 0.2) is 0 Å². The highest BCUT2D eigenvalue weighted by molar-refractivity contribution is 7.99. The number of thioether (sulfide) groups is 1. The van der Waals surface area contributed by atoms with Gasteiger partial charge in [0.25, 0.3) is 0 Å². The normalized spacial score (nSPS) is 21.3. The van der Waals surface area contributed by atoms with E-state index in [1.165, 1.54) is 17.9 Å². The van der Waals surface area contributed by atoms with Crippen LogP contribution in [0.5, 0.6) is 0 Å². The molecule has 0 spiro atoms. The number of hydrogen-bond acceptors (Lipinski definition) is 2. The molecule has 15 heavy (non-hydrogen) atoms. The van der Waals surface area contributed by atoms with Crippen molar-refractivity contribution < 1.29 is 0 Å². The van der Waals surface area contributed by atoms with E-state index in [4.69, 9.17) is 11.6 Å². The Labute approximate surface area is 97.4 Å². The van der Waals surface area contributed by atoms with E-state index in [-0.39, 0.29) is 0 Å². The van der Waals surface area contributed by atoms with Crippen LogP contribution in [0.25, 0.3) is 11.0 Å². The summed E-state index contributed by atoms with van der Waals surface area (Å²) in [5.74, 6) is 4.11. The molecule has 1 saturated heterocycles. The molecule has 0 amide bonds. The van der Waals surface area contributed by atoms with E-state index in [2.05, 4.69) is 9.97 Å². The van der Waals surface area contributed by atoms with Gasteiger partial charge in [0.1, 0.15) is 11.3 Å². The SMILES string of the molecule is Clc1cccc2[nH]c(C3CCSC3)nc12. The average Bonchev–Trinajstić information content (AvgIpc) is 2.86. The van der Waals surface area contributed by atoms with E-state index in [0.29, 0.717) is 5.92 Å². The van der Waals surface area contributed by atoms with Gasteiger partial charge in [-0.25, -0.2) is 4.98 Å². The predicted molar refractivity (Wildman–Crippen MR) is 65.8 cm³/mol. The second-order valence-corrected chi connectivity index (χ2v) is 5.38. The van der Waals surface area contributed by atoms with Crippen LogP contribution in [0.1, 0.15) is 18.2 Å². The van der Waals surface area contributed by atoms with E-state index in [9.17, 15) is 0 Å². The molecule has 3 rings (SSSR count). The minimum Gasteiger partial charge on any atom is -0.342 e. The van der Waals surface area contributed by atoms with Crippen molar-refractivity contribution in [2.75, 3.05) is 11.5 Å². The molecule has 2 nitrogen and oxygen atoms in total. The summed E-state index contributed by atoms with van der Waals surface area (Å²) >= 11 is 8.09. The van der Waals surface area contributed by atoms with Crippen LogP contribution in [0.2, 0.25) is 5.02 Å². The molecular weight excluding hydrogens is 228 g/mol. The number of H-pyrrole nitrogens is 1. The Morgan fingerprint density at radius 2 is 2.40 bits per heavy atom. The molecule has 1 aromatic heterocycles. The first-order valence-electron chi connectivity index (χ1n) is 5.06. The van der Waals surface area contributed by atoms with Crippen LogP contribution in [-0.4, -0.2) is 21.5 Å². The first-order chi connectivity index (χ1) is 7.34. The zero-order valence-electron chi connectivity index (χ0n) is 8.16. The zero-order valence-corrected chi connectivity index (χ0v) is 9.74. The quantitative estimate of drug-likeness (QED) is 0.825. The van der Waals surface area contributed by atoms with Crippen molar-refractivity contribution in [3.05, 3.63) is 29.0 Å². The maximum absolute atomic E-state index is 6.09. The zero-order chi connectivity index (χ0) is 10.3. The van der Waals surface area contributed by atoms with Crippen molar-refractivity contribution in [3.63, 3.8) is 0 Å². The van der Waals surface area contributed by atoms with Crippen LogP contribution < -0.4 is 0 Å². The molecule has 1 N–H and O–H groups in total. The Kier molecular flexibility index (Phi) is 2.37. The molecule has 2 aromatic rings. The summed E-state index contributed by atoms with van der Waals surface area (Å²) in [6, 6.07) is 5.87. The lowest BCUT2D eigenvalue weighted by molar-refractivity contribution is 0.733. The third kappa shape index (κ3) is 1.64. The molecule has 1 aliphatic rings. The van der Waals surface area contributed by atoms with Gasteiger partial charge in [0, 0.05) is 11.7 Å². The number of nitrogens with one attached hydrogen (secondary N) is 1. The number of fused-ring (bicyclic) bond motifs is 1. The third-order valence-electron chi connectivity index (χ3n) is 2.80. The highest BCUT2D eigenvalue weighted by Gasteiger charge is 2.21. The summed E-state index contributed by atoms with van der Waals surface area (Å²) in [7, 11) is 0. The molecule has 2 heterocycles. The minimum atomic E-state index is 0.582. The Morgan fingerprint density at radius 3 is 3.13 bits per heavy atom. The monoisotopic (exact) mass is 238 g/mol. The fourth-order valence-corrected chi connectivity index (χ4v) is 3.40. The summed E-state index contributed by atoms with van der Waals surface area (Å²) in [4.78, 5) is 7.96. The van der Waals surface area contributed by atoms with Crippen LogP contribution in [0.15, 0.2) is 18.2 Å². The van der Waals surface area contributed by atoms with Gasteiger partial charge in [-0.3, -0.25) is 0 Å². The van der Waals surface area contributed by atoms with Crippen molar-refractivity contribution in [3.8, 4) is 0 Å². The fraction of sp³-hybridized carbons (Fsp3) is 0.364. The van der Waals surface area contributed by atoms with E-state index >= 15 is 0 Å². The Bertz CT molecular complexity index is 488. The number of benzene rings is 1. The van der Waals surface area contributed by atoms with Crippen molar-refractivity contribution in [2.24, 2.45) is 0 Å². The van der Waals surface area contributed by atoms with Crippen molar-refractivity contribution in [1.29, 1.82) is 0 Å². The predicted octanol–water partition coefficient (Wildman–Crippen LogP) is 3.44. The molecule has 0 saturated carbocycles. The van der Waals surface area contributed by atoms with Gasteiger partial charge < -0.3 is 4.98 Å². The maximum Gasteiger partial charge on any atom is 0.111 e. The Balaban J connectivity index is 2.09. The van der Waals surface area contributed by atoms with E-state index in [0.717, 1.165) is 21.9 Å². The summed E-state index contributed by atoms with van der Waals surface area (Å²) in [5.41, 5.74) is 1.96. The van der Waals surface area contributed by atoms with Gasteiger partial charge >= 0.3 is 0 Å². The molecule has 0 radical (unpaired) electrons. The molecule has 1 aliphatic heterocycles. The molecule has 78 valence electrons. The number of aromatic amines is 1. The lowest BCUT2D eigenvalue weighted by atomic mass is 10.1. The van der Waals surface area contributed by atoms with E-state index in [1.807, 2.05) is 30.0 Å². The number of hydrogen-bond donors (Lipinski definition) is 1. The van der Waals surface area contributed by atoms with Crippen LogP contribution in [0, 0.1) is 0 Å². The topological polar surface area (TPSA) is 28.7 Å². The summed E-state index contributed by atoms with van der Waals surface area (Å²) < 4.78 is 0. The fourth-order valence-electron chi connectivity index (χ4n) is 1.96. The van der Waals surface area contributed by atoms with E-state index in [1.54, 1.807) is 0 Å². The second-order valence-electron chi connectivity index (χ2n) is 3.82. The summed E-state index contributed by atoms with van der Waals surface area (Å²) in [6.07, 6.45) is 1.22. The Morgan fingerprint density at radius 1 is 1.47 bits per heavy atom. The van der Waals surface area contributed by atoms with Gasteiger partial charge in [-0.2, -0.15) is 11.8 Å². The highest BCUT2D eigenvalue weighted by atomic mass is 35.5. The molecule has 4 heteroatoms. The third-order valence-corrected chi connectivity index (χ3v) is 4.27. The van der Waals surface area contributed by atoms with Gasteiger partial charge in [0.05, 0.1) is 10.5 Å². The largest absolute Gasteiger partial charge is 0.342 e. The molecule has 1 atom stereocenters. The van der Waals surface area contributed by atoms with Gasteiger partial charge in [-0.1, -0.05) is 17.7 Å². The number of halogens is 1. The minimum absolute atomic E-state index is 0.582. The first-order valence-corrected chi connectivity index (χ1v) is 6.60. The molecule has 0 aliphatic carbocycles. The number of imidazole rings is 1. The van der Waals surface area contributed by atoms with Crippen LogP contribution in [0.3, 0.4) is 0 Å². The van der Waals surface area contributed by atoms with Crippen molar-refractivity contribution in [2.45, 2.75) is 12.3 Å².